The van der Waals surface area contributed by atoms with Gasteiger partial charge in [-0.2, -0.15) is 0 Å². The Kier molecular flexibility index (Phi) is 2.92. The maximum atomic E-state index is 3.55. The highest BCUT2D eigenvalue weighted by Gasteiger charge is 2.38. The van der Waals surface area contributed by atoms with Crippen LogP contribution in [-0.2, 0) is 0 Å². The summed E-state index contributed by atoms with van der Waals surface area (Å²) in [5.74, 6) is 4.00. The second kappa shape index (κ2) is 4.00. The van der Waals surface area contributed by atoms with E-state index in [2.05, 4.69) is 19.2 Å². The maximum absolute atomic E-state index is 3.55. The summed E-state index contributed by atoms with van der Waals surface area (Å²) < 4.78 is 0. The number of rotatable bonds is 3. The summed E-state index contributed by atoms with van der Waals surface area (Å²) in [6, 6.07) is 0. The molecule has 0 aromatic heterocycles. The monoisotopic (exact) mass is 181 g/mol. The average Bonchev–Trinajstić information content (AvgIpc) is 2.90. The molecule has 1 aliphatic heterocycles. The molecule has 0 aromatic carbocycles. The average molecular weight is 181 g/mol. The van der Waals surface area contributed by atoms with Gasteiger partial charge in [-0.1, -0.05) is 13.8 Å². The predicted molar refractivity (Wildman–Crippen MR) is 56.6 cm³/mol. The third kappa shape index (κ3) is 2.25. The lowest BCUT2D eigenvalue weighted by Crippen LogP contribution is -2.36. The van der Waals surface area contributed by atoms with Crippen molar-refractivity contribution >= 4 is 0 Å². The molecule has 1 saturated carbocycles. The molecule has 2 unspecified atom stereocenters. The molecule has 2 fully saturated rings. The molecule has 0 bridgehead atoms. The van der Waals surface area contributed by atoms with Crippen LogP contribution in [-0.4, -0.2) is 13.1 Å². The largest absolute Gasteiger partial charge is 0.316 e. The van der Waals surface area contributed by atoms with E-state index in [9.17, 15) is 0 Å². The molecule has 1 N–H and O–H groups in total. The molecule has 13 heavy (non-hydrogen) atoms. The third-order valence-corrected chi connectivity index (χ3v) is 3.82. The zero-order valence-electron chi connectivity index (χ0n) is 9.05. The molecule has 1 aliphatic carbocycles. The van der Waals surface area contributed by atoms with Crippen LogP contribution in [0.4, 0.5) is 0 Å². The van der Waals surface area contributed by atoms with E-state index in [1.54, 1.807) is 0 Å². The van der Waals surface area contributed by atoms with E-state index >= 15 is 0 Å². The Balaban J connectivity index is 1.92. The minimum absolute atomic E-state index is 0.900. The summed E-state index contributed by atoms with van der Waals surface area (Å²) in [7, 11) is 0. The first-order valence-corrected chi connectivity index (χ1v) is 5.99. The highest BCUT2D eigenvalue weighted by molar-refractivity contribution is 4.89. The van der Waals surface area contributed by atoms with Crippen molar-refractivity contribution in [3.63, 3.8) is 0 Å². The Labute approximate surface area is 82.3 Å². The van der Waals surface area contributed by atoms with Crippen molar-refractivity contribution < 1.29 is 0 Å². The summed E-state index contributed by atoms with van der Waals surface area (Å²) >= 11 is 0. The zero-order chi connectivity index (χ0) is 9.26. The van der Waals surface area contributed by atoms with Gasteiger partial charge in [-0.25, -0.2) is 0 Å². The maximum Gasteiger partial charge on any atom is -0.00177 e. The van der Waals surface area contributed by atoms with E-state index < -0.39 is 0 Å². The fourth-order valence-electron chi connectivity index (χ4n) is 3.16. The molecule has 0 radical (unpaired) electrons. The molecule has 1 heteroatoms. The molecule has 1 nitrogen and oxygen atoms in total. The Morgan fingerprint density at radius 3 is 2.31 bits per heavy atom. The molecule has 2 rings (SSSR count). The molecule has 0 spiro atoms. The van der Waals surface area contributed by atoms with Gasteiger partial charge in [0.25, 0.3) is 0 Å². The van der Waals surface area contributed by atoms with Gasteiger partial charge in [0.15, 0.2) is 0 Å². The summed E-state index contributed by atoms with van der Waals surface area (Å²) in [6.45, 7) is 7.38. The fourth-order valence-corrected chi connectivity index (χ4v) is 3.16. The molecule has 0 aromatic rings. The number of nitrogens with one attached hydrogen (secondary N) is 1. The van der Waals surface area contributed by atoms with E-state index in [1.165, 1.54) is 38.8 Å². The summed E-state index contributed by atoms with van der Waals surface area (Å²) in [5.41, 5.74) is 0. The van der Waals surface area contributed by atoms with Gasteiger partial charge in [-0.05, 0) is 62.4 Å². The quantitative estimate of drug-likeness (QED) is 0.706. The molecule has 2 aliphatic rings. The zero-order valence-corrected chi connectivity index (χ0v) is 9.05. The van der Waals surface area contributed by atoms with E-state index in [4.69, 9.17) is 0 Å². The van der Waals surface area contributed by atoms with Crippen LogP contribution in [0.1, 0.15) is 39.5 Å². The lowest BCUT2D eigenvalue weighted by molar-refractivity contribution is 0.183. The molecule has 0 amide bonds. The van der Waals surface area contributed by atoms with Gasteiger partial charge in [0, 0.05) is 0 Å². The second-order valence-electron chi connectivity index (χ2n) is 5.27. The van der Waals surface area contributed by atoms with Gasteiger partial charge in [0.1, 0.15) is 0 Å². The van der Waals surface area contributed by atoms with E-state index in [1.807, 2.05) is 0 Å². The SMILES string of the molecule is CC(C)C(C1CC1)C1CCCNC1. The van der Waals surface area contributed by atoms with Crippen LogP contribution >= 0.6 is 0 Å². The first kappa shape index (κ1) is 9.51. The van der Waals surface area contributed by atoms with Gasteiger partial charge in [-0.3, -0.25) is 0 Å². The fraction of sp³-hybridized carbons (Fsp3) is 1.00. The van der Waals surface area contributed by atoms with Crippen LogP contribution < -0.4 is 5.32 Å². The molecule has 1 saturated heterocycles. The van der Waals surface area contributed by atoms with Crippen molar-refractivity contribution in [3.8, 4) is 0 Å². The van der Waals surface area contributed by atoms with Crippen molar-refractivity contribution in [2.45, 2.75) is 39.5 Å². The normalized spacial score (nSPS) is 32.1. The molecule has 76 valence electrons. The van der Waals surface area contributed by atoms with Crippen LogP contribution in [0.3, 0.4) is 0 Å². The van der Waals surface area contributed by atoms with Crippen LogP contribution in [0.2, 0.25) is 0 Å². The van der Waals surface area contributed by atoms with Crippen LogP contribution in [0.25, 0.3) is 0 Å². The number of piperidine rings is 1. The van der Waals surface area contributed by atoms with Crippen LogP contribution in [0, 0.1) is 23.7 Å². The first-order valence-electron chi connectivity index (χ1n) is 5.99. The lowest BCUT2D eigenvalue weighted by Gasteiger charge is -2.33. The van der Waals surface area contributed by atoms with E-state index in [-0.39, 0.29) is 0 Å². The van der Waals surface area contributed by atoms with Crippen LogP contribution in [0.5, 0.6) is 0 Å². The standard InChI is InChI=1S/C12H23N/c1-9(2)12(10-5-6-10)11-4-3-7-13-8-11/h9-13H,3-8H2,1-2H3. The minimum atomic E-state index is 0.900. The molecular formula is C12H23N. The second-order valence-corrected chi connectivity index (χ2v) is 5.27. The predicted octanol–water partition coefficient (Wildman–Crippen LogP) is 2.67. The van der Waals surface area contributed by atoms with Gasteiger partial charge in [0.05, 0.1) is 0 Å². The van der Waals surface area contributed by atoms with Crippen LogP contribution in [0.15, 0.2) is 0 Å². The van der Waals surface area contributed by atoms with E-state index in [0.29, 0.717) is 0 Å². The van der Waals surface area contributed by atoms with Crippen molar-refractivity contribution in [3.05, 3.63) is 0 Å². The van der Waals surface area contributed by atoms with Gasteiger partial charge >= 0.3 is 0 Å². The van der Waals surface area contributed by atoms with Crippen molar-refractivity contribution in [2.24, 2.45) is 23.7 Å². The highest BCUT2D eigenvalue weighted by atomic mass is 14.9. The Bertz CT molecular complexity index is 153. The molecule has 1 heterocycles. The van der Waals surface area contributed by atoms with E-state index in [0.717, 1.165) is 23.7 Å². The van der Waals surface area contributed by atoms with Crippen molar-refractivity contribution in [1.29, 1.82) is 0 Å². The topological polar surface area (TPSA) is 12.0 Å². The third-order valence-electron chi connectivity index (χ3n) is 3.82. The lowest BCUT2D eigenvalue weighted by atomic mass is 9.76. The van der Waals surface area contributed by atoms with Crippen molar-refractivity contribution in [2.75, 3.05) is 13.1 Å². The highest BCUT2D eigenvalue weighted by Crippen LogP contribution is 2.45. The summed E-state index contributed by atoms with van der Waals surface area (Å²) in [4.78, 5) is 0. The van der Waals surface area contributed by atoms with Gasteiger partial charge < -0.3 is 5.32 Å². The Morgan fingerprint density at radius 2 is 1.85 bits per heavy atom. The Hall–Kier alpha value is -0.0400. The first-order chi connectivity index (χ1) is 6.29. The Morgan fingerprint density at radius 1 is 1.08 bits per heavy atom. The number of hydrogen-bond donors (Lipinski definition) is 1. The van der Waals surface area contributed by atoms with Gasteiger partial charge in [0.2, 0.25) is 0 Å². The molecular weight excluding hydrogens is 158 g/mol. The summed E-state index contributed by atoms with van der Waals surface area (Å²) in [6.07, 6.45) is 5.91. The molecule has 2 atom stereocenters. The van der Waals surface area contributed by atoms with Crippen molar-refractivity contribution in [1.82, 2.24) is 5.32 Å². The minimum Gasteiger partial charge on any atom is -0.316 e. The number of hydrogen-bond acceptors (Lipinski definition) is 1. The van der Waals surface area contributed by atoms with Gasteiger partial charge in [-0.15, -0.1) is 0 Å². The smallest absolute Gasteiger partial charge is 0.00177 e. The summed E-state index contributed by atoms with van der Waals surface area (Å²) in [5, 5.41) is 3.55.